The number of hydrogen-bond acceptors (Lipinski definition) is 7. The van der Waals surface area contributed by atoms with Gasteiger partial charge in [0.1, 0.15) is 0 Å². The van der Waals surface area contributed by atoms with Crippen molar-refractivity contribution in [2.24, 2.45) is 0 Å². The molecule has 2 aromatic rings. The quantitative estimate of drug-likeness (QED) is 0.779. The number of benzene rings is 1. The van der Waals surface area contributed by atoms with Crippen LogP contribution in [-0.2, 0) is 4.74 Å². The van der Waals surface area contributed by atoms with Crippen molar-refractivity contribution in [3.05, 3.63) is 30.5 Å². The fourth-order valence-electron chi connectivity index (χ4n) is 3.14. The molecule has 1 aliphatic heterocycles. The van der Waals surface area contributed by atoms with Crippen molar-refractivity contribution >= 4 is 23.1 Å². The minimum absolute atomic E-state index is 0.683. The predicted octanol–water partition coefficient (Wildman–Crippen LogP) is 3.08. The Kier molecular flexibility index (Phi) is 6.60. The van der Waals surface area contributed by atoms with E-state index in [-0.39, 0.29) is 0 Å². The zero-order valence-corrected chi connectivity index (χ0v) is 15.7. The molecule has 0 radical (unpaired) electrons. The average Bonchev–Trinajstić information content (AvgIpc) is 2.69. The fourth-order valence-corrected chi connectivity index (χ4v) is 3.14. The van der Waals surface area contributed by atoms with E-state index in [1.165, 1.54) is 0 Å². The third-order valence-electron chi connectivity index (χ3n) is 4.34. The molecule has 0 spiro atoms. The highest BCUT2D eigenvalue weighted by Crippen LogP contribution is 2.28. The molecular formula is C19H28N6O. The fraction of sp³-hybridized carbons (Fsp3) is 0.526. The van der Waals surface area contributed by atoms with Gasteiger partial charge in [0.05, 0.1) is 30.8 Å². The van der Waals surface area contributed by atoms with Gasteiger partial charge in [-0.05, 0) is 25.0 Å². The molecule has 26 heavy (non-hydrogen) atoms. The molecule has 0 bridgehead atoms. The maximum absolute atomic E-state index is 5.47. The predicted molar refractivity (Wildman–Crippen MR) is 105 cm³/mol. The second kappa shape index (κ2) is 9.33. The molecule has 1 fully saturated rings. The minimum Gasteiger partial charge on any atom is -0.378 e. The molecule has 0 atom stereocenters. The number of anilines is 4. The Morgan fingerprint density at radius 3 is 2.58 bits per heavy atom. The largest absolute Gasteiger partial charge is 0.378 e. The summed E-state index contributed by atoms with van der Waals surface area (Å²) in [5.74, 6) is 1.40. The van der Waals surface area contributed by atoms with Gasteiger partial charge in [-0.3, -0.25) is 0 Å². The average molecular weight is 356 g/mol. The highest BCUT2D eigenvalue weighted by atomic mass is 16.5. The van der Waals surface area contributed by atoms with E-state index in [0.717, 1.165) is 63.6 Å². The van der Waals surface area contributed by atoms with Crippen molar-refractivity contribution in [1.29, 1.82) is 0 Å². The second-order valence-electron chi connectivity index (χ2n) is 6.37. The summed E-state index contributed by atoms with van der Waals surface area (Å²) in [5.41, 5.74) is 2.19. The number of aromatic nitrogens is 3. The van der Waals surface area contributed by atoms with Crippen LogP contribution in [0.3, 0.4) is 0 Å². The van der Waals surface area contributed by atoms with Gasteiger partial charge in [0.25, 0.3) is 0 Å². The van der Waals surface area contributed by atoms with E-state index in [1.807, 2.05) is 6.07 Å². The zero-order valence-electron chi connectivity index (χ0n) is 15.7. The number of nitrogens with zero attached hydrogens (tertiary/aromatic N) is 5. The summed E-state index contributed by atoms with van der Waals surface area (Å²) in [6.07, 6.45) is 3.79. The van der Waals surface area contributed by atoms with Gasteiger partial charge in [0.15, 0.2) is 5.82 Å². The van der Waals surface area contributed by atoms with Gasteiger partial charge in [-0.25, -0.2) is 0 Å². The summed E-state index contributed by atoms with van der Waals surface area (Å²) in [6.45, 7) is 9.51. The summed E-state index contributed by atoms with van der Waals surface area (Å²) in [5, 5.41) is 11.8. The van der Waals surface area contributed by atoms with Crippen LogP contribution in [0.2, 0.25) is 0 Å². The second-order valence-corrected chi connectivity index (χ2v) is 6.37. The van der Waals surface area contributed by atoms with E-state index >= 15 is 0 Å². The van der Waals surface area contributed by atoms with Crippen molar-refractivity contribution in [3.8, 4) is 0 Å². The summed E-state index contributed by atoms with van der Waals surface area (Å²) in [7, 11) is 0. The molecule has 7 heteroatoms. The molecule has 2 heterocycles. The summed E-state index contributed by atoms with van der Waals surface area (Å²) in [4.78, 5) is 9.21. The van der Waals surface area contributed by atoms with Gasteiger partial charge in [-0.1, -0.05) is 26.0 Å². The third-order valence-corrected chi connectivity index (χ3v) is 4.34. The van der Waals surface area contributed by atoms with Gasteiger partial charge in [-0.15, -0.1) is 5.10 Å². The maximum Gasteiger partial charge on any atom is 0.247 e. The monoisotopic (exact) mass is 356 g/mol. The van der Waals surface area contributed by atoms with Crippen molar-refractivity contribution in [1.82, 2.24) is 15.2 Å². The lowest BCUT2D eigenvalue weighted by molar-refractivity contribution is 0.123. The Balaban J connectivity index is 1.80. The smallest absolute Gasteiger partial charge is 0.247 e. The van der Waals surface area contributed by atoms with Crippen LogP contribution in [0.1, 0.15) is 26.7 Å². The Bertz CT molecular complexity index is 683. The van der Waals surface area contributed by atoms with Crippen LogP contribution in [0.4, 0.5) is 23.1 Å². The molecule has 0 unspecified atom stereocenters. The molecule has 1 aliphatic rings. The van der Waals surface area contributed by atoms with Crippen molar-refractivity contribution in [3.63, 3.8) is 0 Å². The number of para-hydroxylation sites is 2. The van der Waals surface area contributed by atoms with Crippen LogP contribution in [0.15, 0.2) is 30.5 Å². The van der Waals surface area contributed by atoms with E-state index in [1.54, 1.807) is 6.20 Å². The van der Waals surface area contributed by atoms with Crippen LogP contribution in [0, 0.1) is 0 Å². The molecular weight excluding hydrogens is 328 g/mol. The summed E-state index contributed by atoms with van der Waals surface area (Å²) < 4.78 is 5.47. The number of ether oxygens (including phenoxy) is 1. The van der Waals surface area contributed by atoms with Crippen LogP contribution < -0.4 is 15.1 Å². The molecule has 3 rings (SSSR count). The van der Waals surface area contributed by atoms with Gasteiger partial charge in [-0.2, -0.15) is 10.1 Å². The summed E-state index contributed by atoms with van der Waals surface area (Å²) >= 11 is 0. The molecule has 1 aromatic carbocycles. The first-order valence-corrected chi connectivity index (χ1v) is 9.45. The first kappa shape index (κ1) is 18.4. The lowest BCUT2D eigenvalue weighted by Gasteiger charge is -2.30. The zero-order chi connectivity index (χ0) is 18.2. The molecule has 0 aliphatic carbocycles. The van der Waals surface area contributed by atoms with Gasteiger partial charge in [0.2, 0.25) is 5.95 Å². The molecule has 140 valence electrons. The van der Waals surface area contributed by atoms with Crippen LogP contribution in [-0.4, -0.2) is 54.6 Å². The number of hydrogen-bond donors (Lipinski definition) is 1. The molecule has 1 aromatic heterocycles. The van der Waals surface area contributed by atoms with Crippen molar-refractivity contribution in [2.45, 2.75) is 26.7 Å². The van der Waals surface area contributed by atoms with E-state index in [4.69, 9.17) is 4.74 Å². The van der Waals surface area contributed by atoms with Crippen molar-refractivity contribution < 1.29 is 4.74 Å². The molecule has 1 saturated heterocycles. The Morgan fingerprint density at radius 1 is 1.12 bits per heavy atom. The van der Waals surface area contributed by atoms with E-state index < -0.39 is 0 Å². The first-order chi connectivity index (χ1) is 12.8. The lowest BCUT2D eigenvalue weighted by atomic mass is 10.2. The van der Waals surface area contributed by atoms with Crippen molar-refractivity contribution in [2.75, 3.05) is 54.5 Å². The SMILES string of the molecule is CCCN(CCC)c1nncc(Nc2ccccc2N2CCOCC2)n1. The van der Waals surface area contributed by atoms with Gasteiger partial charge < -0.3 is 19.9 Å². The molecule has 7 nitrogen and oxygen atoms in total. The number of nitrogens with one attached hydrogen (secondary N) is 1. The van der Waals surface area contributed by atoms with Crippen LogP contribution >= 0.6 is 0 Å². The topological polar surface area (TPSA) is 66.4 Å². The Morgan fingerprint density at radius 2 is 1.85 bits per heavy atom. The third kappa shape index (κ3) is 4.60. The Hall–Kier alpha value is -2.41. The Labute approximate surface area is 155 Å². The van der Waals surface area contributed by atoms with Gasteiger partial charge in [0, 0.05) is 26.2 Å². The van der Waals surface area contributed by atoms with Crippen LogP contribution in [0.25, 0.3) is 0 Å². The lowest BCUT2D eigenvalue weighted by Crippen LogP contribution is -2.36. The molecule has 0 saturated carbocycles. The summed E-state index contributed by atoms with van der Waals surface area (Å²) in [6, 6.07) is 8.29. The normalized spacial score (nSPS) is 14.3. The molecule has 1 N–H and O–H groups in total. The van der Waals surface area contributed by atoms with E-state index in [9.17, 15) is 0 Å². The number of morpholine rings is 1. The highest BCUT2D eigenvalue weighted by molar-refractivity contribution is 5.74. The molecule has 0 amide bonds. The van der Waals surface area contributed by atoms with Gasteiger partial charge >= 0.3 is 0 Å². The van der Waals surface area contributed by atoms with E-state index in [2.05, 4.69) is 62.3 Å². The number of rotatable bonds is 8. The van der Waals surface area contributed by atoms with E-state index in [0.29, 0.717) is 11.8 Å². The highest BCUT2D eigenvalue weighted by Gasteiger charge is 2.15. The standard InChI is InChI=1S/C19H28N6O/c1-3-9-25(10-4-2)19-22-18(15-20-23-19)21-16-7-5-6-8-17(16)24-11-13-26-14-12-24/h5-8,15H,3-4,9-14H2,1-2H3,(H,21,22,23). The maximum atomic E-state index is 5.47. The minimum atomic E-state index is 0.683. The van der Waals surface area contributed by atoms with Crippen LogP contribution in [0.5, 0.6) is 0 Å². The first-order valence-electron chi connectivity index (χ1n) is 9.45.